The van der Waals surface area contributed by atoms with E-state index in [1.807, 2.05) is 18.2 Å². The molecule has 0 aromatic heterocycles. The Morgan fingerprint density at radius 3 is 2.23 bits per heavy atom. The van der Waals surface area contributed by atoms with Crippen LogP contribution < -0.4 is 9.46 Å². The molecule has 1 aliphatic rings. The van der Waals surface area contributed by atoms with E-state index in [-0.39, 0.29) is 23.6 Å². The summed E-state index contributed by atoms with van der Waals surface area (Å²) in [6, 6.07) is 13.1. The first kappa shape index (κ1) is 29.9. The third-order valence-electron chi connectivity index (χ3n) is 5.43. The second-order valence-electron chi connectivity index (χ2n) is 10.9. The highest BCUT2D eigenvalue weighted by Crippen LogP contribution is 2.33. The van der Waals surface area contributed by atoms with Gasteiger partial charge in [0.05, 0.1) is 17.9 Å². The van der Waals surface area contributed by atoms with Gasteiger partial charge in [-0.1, -0.05) is 30.3 Å². The lowest BCUT2D eigenvalue weighted by Crippen LogP contribution is -2.38. The van der Waals surface area contributed by atoms with Gasteiger partial charge >= 0.3 is 17.9 Å². The molecule has 10 nitrogen and oxygen atoms in total. The molecule has 39 heavy (non-hydrogen) atoms. The van der Waals surface area contributed by atoms with Crippen molar-refractivity contribution in [1.82, 2.24) is 0 Å². The number of anilines is 1. The molecule has 1 aliphatic carbocycles. The summed E-state index contributed by atoms with van der Waals surface area (Å²) in [5.74, 6) is -2.92. The van der Waals surface area contributed by atoms with Gasteiger partial charge in [-0.05, 0) is 77.1 Å². The van der Waals surface area contributed by atoms with Crippen molar-refractivity contribution in [1.29, 1.82) is 0 Å². The Morgan fingerprint density at radius 1 is 0.949 bits per heavy atom. The van der Waals surface area contributed by atoms with E-state index in [4.69, 9.17) is 18.9 Å². The number of ether oxygens (including phenoxy) is 4. The Morgan fingerprint density at radius 2 is 1.62 bits per heavy atom. The second-order valence-corrected chi connectivity index (χ2v) is 12.6. The van der Waals surface area contributed by atoms with Crippen LogP contribution in [0.25, 0.3) is 0 Å². The van der Waals surface area contributed by atoms with Gasteiger partial charge in [0.1, 0.15) is 18.0 Å². The zero-order valence-corrected chi connectivity index (χ0v) is 23.6. The SMILES string of the molecule is CC(C)(C)OC(=O)CS(=O)(=O)Nc1ccc(C(=O)OC(C)(C)C(=O)OCc2ccccc2)cc1OCC1CC1. The number of carbonyl (C=O) groups excluding carboxylic acids is 3. The van der Waals surface area contributed by atoms with Crippen molar-refractivity contribution in [2.75, 3.05) is 17.1 Å². The fraction of sp³-hybridized carbons (Fsp3) is 0.464. The molecule has 0 bridgehead atoms. The lowest BCUT2D eigenvalue weighted by Gasteiger charge is -2.23. The molecule has 0 unspecified atom stereocenters. The number of sulfonamides is 1. The topological polar surface area (TPSA) is 134 Å². The lowest BCUT2D eigenvalue weighted by atomic mass is 10.1. The number of benzene rings is 2. The van der Waals surface area contributed by atoms with Crippen LogP contribution in [0.15, 0.2) is 48.5 Å². The minimum atomic E-state index is -4.14. The summed E-state index contributed by atoms with van der Waals surface area (Å²) in [5.41, 5.74) is -1.55. The molecule has 0 aliphatic heterocycles. The molecule has 2 aromatic rings. The summed E-state index contributed by atoms with van der Waals surface area (Å²) in [4.78, 5) is 37.6. The minimum absolute atomic E-state index is 0.0257. The van der Waals surface area contributed by atoms with Gasteiger partial charge in [0.2, 0.25) is 15.6 Å². The molecule has 1 fully saturated rings. The molecule has 0 atom stereocenters. The van der Waals surface area contributed by atoms with E-state index in [0.29, 0.717) is 12.5 Å². The third-order valence-corrected chi connectivity index (χ3v) is 6.58. The standard InChI is InChI=1S/C28H35NO9S/c1-27(2,3)37-24(30)18-39(33,34)29-22-14-13-21(15-23(22)35-16-20-11-12-20)25(31)38-28(4,5)26(32)36-17-19-9-7-6-8-10-19/h6-10,13-15,20,29H,11-12,16-18H2,1-5H3. The Labute approximate surface area is 229 Å². The predicted molar refractivity (Wildman–Crippen MR) is 144 cm³/mol. The number of esters is 3. The number of hydrogen-bond acceptors (Lipinski definition) is 9. The summed E-state index contributed by atoms with van der Waals surface area (Å²) in [5, 5.41) is 0. The highest BCUT2D eigenvalue weighted by Gasteiger charge is 2.35. The largest absolute Gasteiger partial charge is 0.491 e. The van der Waals surface area contributed by atoms with Gasteiger partial charge in [-0.3, -0.25) is 9.52 Å². The van der Waals surface area contributed by atoms with E-state index in [2.05, 4.69) is 4.72 Å². The van der Waals surface area contributed by atoms with Crippen molar-refractivity contribution in [2.45, 2.75) is 65.3 Å². The van der Waals surface area contributed by atoms with E-state index in [9.17, 15) is 22.8 Å². The van der Waals surface area contributed by atoms with Crippen LogP contribution in [0, 0.1) is 5.92 Å². The first-order valence-corrected chi connectivity index (χ1v) is 14.2. The molecule has 1 saturated carbocycles. The van der Waals surface area contributed by atoms with Gasteiger partial charge in [0, 0.05) is 0 Å². The van der Waals surface area contributed by atoms with Crippen LogP contribution in [0.1, 0.15) is 63.4 Å². The highest BCUT2D eigenvalue weighted by atomic mass is 32.2. The fourth-order valence-electron chi connectivity index (χ4n) is 3.30. The summed E-state index contributed by atoms with van der Waals surface area (Å²) < 4.78 is 49.2. The van der Waals surface area contributed by atoms with E-state index in [1.54, 1.807) is 32.9 Å². The molecular formula is C28H35NO9S. The van der Waals surface area contributed by atoms with Crippen LogP contribution in [0.3, 0.4) is 0 Å². The first-order valence-electron chi connectivity index (χ1n) is 12.6. The summed E-state index contributed by atoms with van der Waals surface area (Å²) in [6.07, 6.45) is 1.97. The summed E-state index contributed by atoms with van der Waals surface area (Å²) in [7, 11) is -4.14. The second kappa shape index (κ2) is 12.1. The van der Waals surface area contributed by atoms with Gasteiger partial charge in [0.15, 0.2) is 5.75 Å². The molecule has 1 N–H and O–H groups in total. The Kier molecular flexibility index (Phi) is 9.26. The molecule has 0 radical (unpaired) electrons. The van der Waals surface area contributed by atoms with Crippen LogP contribution in [0.5, 0.6) is 5.75 Å². The van der Waals surface area contributed by atoms with Crippen LogP contribution in [0.4, 0.5) is 5.69 Å². The Bertz CT molecular complexity index is 1290. The molecule has 0 heterocycles. The molecule has 0 saturated heterocycles. The van der Waals surface area contributed by atoms with Crippen molar-refractivity contribution in [3.8, 4) is 5.75 Å². The maximum Gasteiger partial charge on any atom is 0.350 e. The first-order chi connectivity index (χ1) is 18.1. The van der Waals surface area contributed by atoms with Crippen LogP contribution in [-0.2, 0) is 40.4 Å². The summed E-state index contributed by atoms with van der Waals surface area (Å²) in [6.45, 7) is 8.10. The third kappa shape index (κ3) is 9.90. The van der Waals surface area contributed by atoms with Crippen LogP contribution >= 0.6 is 0 Å². The lowest BCUT2D eigenvalue weighted by molar-refractivity contribution is -0.164. The molecular weight excluding hydrogens is 526 g/mol. The Balaban J connectivity index is 1.71. The smallest absolute Gasteiger partial charge is 0.350 e. The molecule has 3 rings (SSSR count). The average molecular weight is 562 g/mol. The van der Waals surface area contributed by atoms with E-state index < -0.39 is 44.9 Å². The zero-order valence-electron chi connectivity index (χ0n) is 22.8. The van der Waals surface area contributed by atoms with Crippen molar-refractivity contribution in [2.24, 2.45) is 5.92 Å². The van der Waals surface area contributed by atoms with Crippen LogP contribution in [-0.4, -0.2) is 49.9 Å². The minimum Gasteiger partial charge on any atom is -0.491 e. The zero-order chi connectivity index (χ0) is 28.8. The quantitative estimate of drug-likeness (QED) is 0.298. The van der Waals surface area contributed by atoms with Crippen LogP contribution in [0.2, 0.25) is 0 Å². The number of rotatable bonds is 12. The monoisotopic (exact) mass is 561 g/mol. The molecule has 0 spiro atoms. The Hall–Kier alpha value is -3.60. The van der Waals surface area contributed by atoms with Gasteiger partial charge in [-0.2, -0.15) is 0 Å². The normalized spacial score (nSPS) is 13.8. The van der Waals surface area contributed by atoms with E-state index in [1.165, 1.54) is 32.0 Å². The number of hydrogen-bond donors (Lipinski definition) is 1. The van der Waals surface area contributed by atoms with Crippen molar-refractivity contribution < 1.29 is 41.7 Å². The molecule has 212 valence electrons. The van der Waals surface area contributed by atoms with Crippen molar-refractivity contribution >= 4 is 33.6 Å². The maximum atomic E-state index is 12.9. The number of nitrogens with one attached hydrogen (secondary N) is 1. The van der Waals surface area contributed by atoms with Crippen molar-refractivity contribution in [3.63, 3.8) is 0 Å². The fourth-order valence-corrected chi connectivity index (χ4v) is 4.25. The summed E-state index contributed by atoms with van der Waals surface area (Å²) >= 11 is 0. The van der Waals surface area contributed by atoms with Gasteiger partial charge in [-0.25, -0.2) is 18.0 Å². The molecule has 0 amide bonds. The van der Waals surface area contributed by atoms with E-state index in [0.717, 1.165) is 18.4 Å². The number of carbonyl (C=O) groups is 3. The molecule has 11 heteroatoms. The average Bonchev–Trinajstić information content (AvgIpc) is 3.65. The van der Waals surface area contributed by atoms with Crippen molar-refractivity contribution in [3.05, 3.63) is 59.7 Å². The molecule has 2 aromatic carbocycles. The maximum absolute atomic E-state index is 12.9. The predicted octanol–water partition coefficient (Wildman–Crippen LogP) is 4.24. The van der Waals surface area contributed by atoms with Gasteiger partial charge in [-0.15, -0.1) is 0 Å². The van der Waals surface area contributed by atoms with E-state index >= 15 is 0 Å². The highest BCUT2D eigenvalue weighted by molar-refractivity contribution is 7.93. The van der Waals surface area contributed by atoms with Gasteiger partial charge < -0.3 is 18.9 Å². The van der Waals surface area contributed by atoms with Gasteiger partial charge in [0.25, 0.3) is 0 Å².